The SMILES string of the molecule is CCN1CCC[C@H]1CNC(=O)c1cc(Cl)c(O)cc1OC. The Morgan fingerprint density at radius 3 is 3.00 bits per heavy atom. The Hall–Kier alpha value is -1.46. The number of aromatic hydroxyl groups is 1. The monoisotopic (exact) mass is 312 g/mol. The Kier molecular flexibility index (Phi) is 5.31. The molecular formula is C15H21ClN2O3. The molecule has 116 valence electrons. The number of rotatable bonds is 5. The van der Waals surface area contributed by atoms with E-state index in [9.17, 15) is 9.90 Å². The lowest BCUT2D eigenvalue weighted by Crippen LogP contribution is -2.40. The normalized spacial score (nSPS) is 18.7. The number of nitrogens with zero attached hydrogens (tertiary/aromatic N) is 1. The van der Waals surface area contributed by atoms with E-state index >= 15 is 0 Å². The van der Waals surface area contributed by atoms with E-state index in [1.54, 1.807) is 0 Å². The Morgan fingerprint density at radius 1 is 1.57 bits per heavy atom. The van der Waals surface area contributed by atoms with E-state index in [0.29, 0.717) is 23.9 Å². The van der Waals surface area contributed by atoms with Gasteiger partial charge < -0.3 is 15.2 Å². The van der Waals surface area contributed by atoms with E-state index in [-0.39, 0.29) is 16.7 Å². The van der Waals surface area contributed by atoms with Gasteiger partial charge in [-0.05, 0) is 32.0 Å². The lowest BCUT2D eigenvalue weighted by molar-refractivity contribution is 0.0938. The van der Waals surface area contributed by atoms with E-state index in [1.165, 1.54) is 25.7 Å². The Balaban J connectivity index is 2.05. The number of likely N-dealkylation sites (tertiary alicyclic amines) is 1. The van der Waals surface area contributed by atoms with Crippen LogP contribution in [-0.4, -0.2) is 48.7 Å². The van der Waals surface area contributed by atoms with Crippen molar-refractivity contribution >= 4 is 17.5 Å². The van der Waals surface area contributed by atoms with E-state index < -0.39 is 0 Å². The third-order valence-electron chi connectivity index (χ3n) is 3.92. The first kappa shape index (κ1) is 15.9. The van der Waals surface area contributed by atoms with Crippen LogP contribution in [0.3, 0.4) is 0 Å². The number of amides is 1. The lowest BCUT2D eigenvalue weighted by atomic mass is 10.1. The summed E-state index contributed by atoms with van der Waals surface area (Å²) >= 11 is 5.87. The van der Waals surface area contributed by atoms with Crippen LogP contribution in [0.2, 0.25) is 5.02 Å². The number of likely N-dealkylation sites (N-methyl/N-ethyl adjacent to an activating group) is 1. The molecule has 0 aliphatic carbocycles. The molecule has 2 N–H and O–H groups in total. The number of phenolic OH excluding ortho intramolecular Hbond substituents is 1. The van der Waals surface area contributed by atoms with Gasteiger partial charge in [-0.15, -0.1) is 0 Å². The van der Waals surface area contributed by atoms with Crippen LogP contribution < -0.4 is 10.1 Å². The number of carbonyl (C=O) groups excluding carboxylic acids is 1. The van der Waals surface area contributed by atoms with Gasteiger partial charge in [0.1, 0.15) is 11.5 Å². The van der Waals surface area contributed by atoms with Crippen LogP contribution in [-0.2, 0) is 0 Å². The molecule has 5 nitrogen and oxygen atoms in total. The van der Waals surface area contributed by atoms with Crippen LogP contribution in [0.25, 0.3) is 0 Å². The van der Waals surface area contributed by atoms with Crippen molar-refractivity contribution < 1.29 is 14.6 Å². The number of ether oxygens (including phenoxy) is 1. The molecule has 0 saturated carbocycles. The minimum atomic E-state index is -0.239. The molecule has 6 heteroatoms. The van der Waals surface area contributed by atoms with E-state index in [4.69, 9.17) is 16.3 Å². The molecule has 1 amide bonds. The van der Waals surface area contributed by atoms with Crippen molar-refractivity contribution in [2.75, 3.05) is 26.7 Å². The Labute approximate surface area is 129 Å². The summed E-state index contributed by atoms with van der Waals surface area (Å²) in [7, 11) is 1.45. The van der Waals surface area contributed by atoms with Gasteiger partial charge in [0, 0.05) is 18.7 Å². The average molecular weight is 313 g/mol. The second-order valence-corrected chi connectivity index (χ2v) is 5.55. The predicted octanol–water partition coefficient (Wildman–Crippen LogP) is 2.27. The highest BCUT2D eigenvalue weighted by Crippen LogP contribution is 2.31. The summed E-state index contributed by atoms with van der Waals surface area (Å²) in [6, 6.07) is 3.17. The standard InChI is InChI=1S/C15H21ClN2O3/c1-3-18-6-4-5-10(18)9-17-15(20)11-7-12(16)13(19)8-14(11)21-2/h7-8,10,19H,3-6,9H2,1-2H3,(H,17,20)/t10-/m0/s1. The summed E-state index contributed by atoms with van der Waals surface area (Å²) < 4.78 is 5.13. The Bertz CT molecular complexity index is 522. The quantitative estimate of drug-likeness (QED) is 0.875. The first-order valence-corrected chi connectivity index (χ1v) is 7.53. The first-order chi connectivity index (χ1) is 10.1. The first-order valence-electron chi connectivity index (χ1n) is 7.15. The van der Waals surface area contributed by atoms with E-state index in [1.807, 2.05) is 0 Å². The van der Waals surface area contributed by atoms with Crippen LogP contribution in [0.1, 0.15) is 30.1 Å². The Morgan fingerprint density at radius 2 is 2.33 bits per heavy atom. The highest BCUT2D eigenvalue weighted by Gasteiger charge is 2.24. The van der Waals surface area contributed by atoms with Crippen molar-refractivity contribution in [1.82, 2.24) is 10.2 Å². The van der Waals surface area contributed by atoms with Gasteiger partial charge in [0.05, 0.1) is 17.7 Å². The molecule has 2 rings (SSSR count). The fraction of sp³-hybridized carbons (Fsp3) is 0.533. The molecule has 1 atom stereocenters. The largest absolute Gasteiger partial charge is 0.506 e. The summed E-state index contributed by atoms with van der Waals surface area (Å²) in [6.45, 7) is 4.82. The third-order valence-corrected chi connectivity index (χ3v) is 4.22. The van der Waals surface area contributed by atoms with Gasteiger partial charge in [-0.2, -0.15) is 0 Å². The highest BCUT2D eigenvalue weighted by atomic mass is 35.5. The molecule has 0 unspecified atom stereocenters. The minimum absolute atomic E-state index is 0.0991. The zero-order valence-corrected chi connectivity index (χ0v) is 13.1. The fourth-order valence-electron chi connectivity index (χ4n) is 2.74. The van der Waals surface area contributed by atoms with Gasteiger partial charge in [-0.25, -0.2) is 0 Å². The molecule has 1 fully saturated rings. The van der Waals surface area contributed by atoms with Gasteiger partial charge in [-0.1, -0.05) is 18.5 Å². The number of hydrogen-bond acceptors (Lipinski definition) is 4. The maximum absolute atomic E-state index is 12.3. The zero-order chi connectivity index (χ0) is 15.4. The second kappa shape index (κ2) is 7.00. The number of hydrogen-bond donors (Lipinski definition) is 2. The van der Waals surface area contributed by atoms with Crippen LogP contribution in [0, 0.1) is 0 Å². The summed E-state index contributed by atoms with van der Waals surface area (Å²) in [5.74, 6) is -0.0251. The van der Waals surface area contributed by atoms with Gasteiger partial charge in [0.2, 0.25) is 0 Å². The van der Waals surface area contributed by atoms with E-state index in [0.717, 1.165) is 19.5 Å². The highest BCUT2D eigenvalue weighted by molar-refractivity contribution is 6.32. The van der Waals surface area contributed by atoms with Crippen LogP contribution >= 0.6 is 11.6 Å². The van der Waals surface area contributed by atoms with Crippen LogP contribution in [0.5, 0.6) is 11.5 Å². The second-order valence-electron chi connectivity index (χ2n) is 5.14. The predicted molar refractivity (Wildman–Crippen MR) is 82.3 cm³/mol. The molecule has 1 aromatic rings. The van der Waals surface area contributed by atoms with Crippen molar-refractivity contribution in [2.24, 2.45) is 0 Å². The van der Waals surface area contributed by atoms with Crippen molar-refractivity contribution in [1.29, 1.82) is 0 Å². The van der Waals surface area contributed by atoms with Gasteiger partial charge >= 0.3 is 0 Å². The van der Waals surface area contributed by atoms with Crippen molar-refractivity contribution in [3.63, 3.8) is 0 Å². The lowest BCUT2D eigenvalue weighted by Gasteiger charge is -2.23. The molecule has 1 aliphatic rings. The van der Waals surface area contributed by atoms with E-state index in [2.05, 4.69) is 17.1 Å². The smallest absolute Gasteiger partial charge is 0.255 e. The molecule has 0 spiro atoms. The maximum atomic E-state index is 12.3. The third kappa shape index (κ3) is 3.60. The zero-order valence-electron chi connectivity index (χ0n) is 12.4. The van der Waals surface area contributed by atoms with Crippen LogP contribution in [0.4, 0.5) is 0 Å². The molecular weight excluding hydrogens is 292 g/mol. The van der Waals surface area contributed by atoms with Crippen molar-refractivity contribution in [3.05, 3.63) is 22.7 Å². The maximum Gasteiger partial charge on any atom is 0.255 e. The number of benzene rings is 1. The molecule has 0 radical (unpaired) electrons. The molecule has 21 heavy (non-hydrogen) atoms. The van der Waals surface area contributed by atoms with Gasteiger partial charge in [0.15, 0.2) is 0 Å². The molecule has 1 aromatic carbocycles. The number of nitrogens with one attached hydrogen (secondary N) is 1. The molecule has 0 bridgehead atoms. The fourth-order valence-corrected chi connectivity index (χ4v) is 2.90. The molecule has 1 aliphatic heterocycles. The molecule has 1 heterocycles. The summed E-state index contributed by atoms with van der Waals surface area (Å²) in [4.78, 5) is 14.7. The number of halogens is 1. The minimum Gasteiger partial charge on any atom is -0.506 e. The number of methoxy groups -OCH3 is 1. The van der Waals surface area contributed by atoms with Crippen molar-refractivity contribution in [2.45, 2.75) is 25.8 Å². The molecule has 0 aromatic heterocycles. The number of carbonyl (C=O) groups is 1. The average Bonchev–Trinajstić information content (AvgIpc) is 2.94. The van der Waals surface area contributed by atoms with Crippen LogP contribution in [0.15, 0.2) is 12.1 Å². The summed E-state index contributed by atoms with van der Waals surface area (Å²) in [6.07, 6.45) is 2.27. The topological polar surface area (TPSA) is 61.8 Å². The summed E-state index contributed by atoms with van der Waals surface area (Å²) in [5, 5.41) is 12.6. The molecule has 1 saturated heterocycles. The number of phenols is 1. The van der Waals surface area contributed by atoms with Gasteiger partial charge in [0.25, 0.3) is 5.91 Å². The van der Waals surface area contributed by atoms with Gasteiger partial charge in [-0.3, -0.25) is 9.69 Å². The van der Waals surface area contributed by atoms with Crippen molar-refractivity contribution in [3.8, 4) is 11.5 Å². The summed E-state index contributed by atoms with van der Waals surface area (Å²) in [5.41, 5.74) is 0.335.